The number of amides is 1. The number of piperidine rings is 1. The lowest BCUT2D eigenvalue weighted by molar-refractivity contribution is -0.00642. The van der Waals surface area contributed by atoms with Gasteiger partial charge in [0.25, 0.3) is 5.91 Å². The van der Waals surface area contributed by atoms with Gasteiger partial charge in [0.05, 0.1) is 5.60 Å². The highest BCUT2D eigenvalue weighted by Gasteiger charge is 2.33. The van der Waals surface area contributed by atoms with E-state index in [1.165, 1.54) is 0 Å². The van der Waals surface area contributed by atoms with Gasteiger partial charge >= 0.3 is 0 Å². The molecule has 0 radical (unpaired) electrons. The fraction of sp³-hybridized carbons (Fsp3) is 0.316. The van der Waals surface area contributed by atoms with Crippen LogP contribution in [-0.4, -0.2) is 41.1 Å². The molecule has 1 saturated heterocycles. The molecule has 2 aromatic carbocycles. The van der Waals surface area contributed by atoms with Crippen molar-refractivity contribution in [2.75, 3.05) is 25.0 Å². The fourth-order valence-corrected chi connectivity index (χ4v) is 2.89. The van der Waals surface area contributed by atoms with Crippen molar-refractivity contribution in [2.45, 2.75) is 18.4 Å². The summed E-state index contributed by atoms with van der Waals surface area (Å²) in [7, 11) is 0. The van der Waals surface area contributed by atoms with Crippen LogP contribution in [0.4, 0.5) is 5.69 Å². The van der Waals surface area contributed by atoms with E-state index in [0.29, 0.717) is 38.0 Å². The molecule has 1 fully saturated rings. The summed E-state index contributed by atoms with van der Waals surface area (Å²) < 4.78 is 0. The van der Waals surface area contributed by atoms with E-state index in [1.54, 1.807) is 0 Å². The molecule has 1 heterocycles. The first-order valence-electron chi connectivity index (χ1n) is 8.02. The number of hydrogen-bond acceptors (Lipinski definition) is 3. The van der Waals surface area contributed by atoms with Gasteiger partial charge < -0.3 is 15.3 Å². The van der Waals surface area contributed by atoms with Crippen LogP contribution in [0.2, 0.25) is 0 Å². The van der Waals surface area contributed by atoms with E-state index < -0.39 is 5.60 Å². The summed E-state index contributed by atoms with van der Waals surface area (Å²) in [5, 5.41) is 14.0. The fourth-order valence-electron chi connectivity index (χ4n) is 2.89. The molecular formula is C19H22N2O2. The molecule has 1 amide bonds. The number of likely N-dealkylation sites (tertiary alicyclic amines) is 1. The van der Waals surface area contributed by atoms with Crippen LogP contribution in [0.25, 0.3) is 0 Å². The molecule has 0 aliphatic carbocycles. The summed E-state index contributed by atoms with van der Waals surface area (Å²) in [5.41, 5.74) is 0.951. The van der Waals surface area contributed by atoms with Crippen molar-refractivity contribution in [1.82, 2.24) is 4.90 Å². The van der Waals surface area contributed by atoms with Crippen LogP contribution < -0.4 is 5.32 Å². The molecule has 23 heavy (non-hydrogen) atoms. The van der Waals surface area contributed by atoms with Gasteiger partial charge in [0.15, 0.2) is 0 Å². The zero-order valence-corrected chi connectivity index (χ0v) is 13.1. The van der Waals surface area contributed by atoms with Gasteiger partial charge in [-0.25, -0.2) is 0 Å². The third-order valence-electron chi connectivity index (χ3n) is 4.40. The summed E-state index contributed by atoms with van der Waals surface area (Å²) in [5.74, 6) is 0.0451. The Kier molecular flexibility index (Phi) is 4.63. The highest BCUT2D eigenvalue weighted by atomic mass is 16.3. The van der Waals surface area contributed by atoms with Crippen molar-refractivity contribution in [3.63, 3.8) is 0 Å². The number of aliphatic hydroxyl groups is 1. The predicted octanol–water partition coefficient (Wildman–Crippen LogP) is 2.77. The zero-order chi connectivity index (χ0) is 16.1. The topological polar surface area (TPSA) is 52.6 Å². The first-order chi connectivity index (χ1) is 11.2. The Morgan fingerprint density at radius 3 is 2.17 bits per heavy atom. The minimum absolute atomic E-state index is 0.0451. The maximum Gasteiger partial charge on any atom is 0.253 e. The number of nitrogens with one attached hydrogen (secondary N) is 1. The Morgan fingerprint density at radius 2 is 1.57 bits per heavy atom. The number of carbonyl (C=O) groups excluding carboxylic acids is 1. The molecule has 4 heteroatoms. The summed E-state index contributed by atoms with van der Waals surface area (Å²) in [6.07, 6.45) is 1.18. The van der Waals surface area contributed by atoms with Crippen molar-refractivity contribution in [3.05, 3.63) is 66.2 Å². The van der Waals surface area contributed by atoms with Gasteiger partial charge in [-0.05, 0) is 37.1 Å². The van der Waals surface area contributed by atoms with Crippen LogP contribution in [0.15, 0.2) is 60.7 Å². The highest BCUT2D eigenvalue weighted by molar-refractivity contribution is 5.94. The van der Waals surface area contributed by atoms with E-state index >= 15 is 0 Å². The average Bonchev–Trinajstić information content (AvgIpc) is 2.62. The smallest absolute Gasteiger partial charge is 0.253 e. The molecule has 4 nitrogen and oxygen atoms in total. The zero-order valence-electron chi connectivity index (χ0n) is 13.1. The number of nitrogens with zero attached hydrogens (tertiary/aromatic N) is 1. The van der Waals surface area contributed by atoms with Crippen LogP contribution in [0, 0.1) is 0 Å². The normalized spacial score (nSPS) is 16.8. The van der Waals surface area contributed by atoms with Gasteiger partial charge in [0.1, 0.15) is 0 Å². The lowest BCUT2D eigenvalue weighted by atomic mass is 9.91. The van der Waals surface area contributed by atoms with E-state index in [1.807, 2.05) is 65.6 Å². The molecule has 1 aliphatic rings. The summed E-state index contributed by atoms with van der Waals surface area (Å²) in [6.45, 7) is 1.67. The van der Waals surface area contributed by atoms with Gasteiger partial charge in [-0.3, -0.25) is 4.79 Å². The molecule has 120 valence electrons. The predicted molar refractivity (Wildman–Crippen MR) is 91.5 cm³/mol. The number of para-hydroxylation sites is 1. The van der Waals surface area contributed by atoms with Crippen LogP contribution in [0.5, 0.6) is 0 Å². The highest BCUT2D eigenvalue weighted by Crippen LogP contribution is 2.24. The molecule has 0 unspecified atom stereocenters. The standard InChI is InChI=1S/C19H22N2O2/c22-18(16-7-3-1-4-8-16)21-13-11-19(23,12-14-21)15-20-17-9-5-2-6-10-17/h1-10,20,23H,11-15H2. The summed E-state index contributed by atoms with van der Waals surface area (Å²) in [6, 6.07) is 19.2. The van der Waals surface area contributed by atoms with E-state index in [9.17, 15) is 9.90 Å². The van der Waals surface area contributed by atoms with E-state index in [4.69, 9.17) is 0 Å². The van der Waals surface area contributed by atoms with Crippen molar-refractivity contribution < 1.29 is 9.90 Å². The molecule has 0 spiro atoms. The van der Waals surface area contributed by atoms with E-state index in [-0.39, 0.29) is 5.91 Å². The molecular weight excluding hydrogens is 288 g/mol. The van der Waals surface area contributed by atoms with Crippen LogP contribution in [0.1, 0.15) is 23.2 Å². The van der Waals surface area contributed by atoms with Crippen molar-refractivity contribution in [2.24, 2.45) is 0 Å². The third-order valence-corrected chi connectivity index (χ3v) is 4.40. The first kappa shape index (κ1) is 15.6. The van der Waals surface area contributed by atoms with Gasteiger partial charge in [-0.1, -0.05) is 36.4 Å². The van der Waals surface area contributed by atoms with Crippen molar-refractivity contribution in [1.29, 1.82) is 0 Å². The minimum Gasteiger partial charge on any atom is -0.388 e. The lowest BCUT2D eigenvalue weighted by Gasteiger charge is -2.38. The maximum absolute atomic E-state index is 12.4. The molecule has 2 N–H and O–H groups in total. The van der Waals surface area contributed by atoms with Crippen molar-refractivity contribution in [3.8, 4) is 0 Å². The third kappa shape index (κ3) is 3.90. The Bertz CT molecular complexity index is 635. The minimum atomic E-state index is -0.761. The number of rotatable bonds is 4. The molecule has 0 bridgehead atoms. The van der Waals surface area contributed by atoms with Gasteiger partial charge in [-0.15, -0.1) is 0 Å². The van der Waals surface area contributed by atoms with E-state index in [0.717, 1.165) is 5.69 Å². The Morgan fingerprint density at radius 1 is 1.00 bits per heavy atom. The SMILES string of the molecule is O=C(c1ccccc1)N1CCC(O)(CNc2ccccc2)CC1. The second-order valence-corrected chi connectivity index (χ2v) is 6.10. The molecule has 0 saturated carbocycles. The monoisotopic (exact) mass is 310 g/mol. The largest absolute Gasteiger partial charge is 0.388 e. The van der Waals surface area contributed by atoms with Crippen LogP contribution in [-0.2, 0) is 0 Å². The van der Waals surface area contributed by atoms with Gasteiger partial charge in [0.2, 0.25) is 0 Å². The Labute approximate surface area is 136 Å². The molecule has 1 aliphatic heterocycles. The lowest BCUT2D eigenvalue weighted by Crippen LogP contribution is -2.49. The van der Waals surface area contributed by atoms with Crippen molar-refractivity contribution >= 4 is 11.6 Å². The second-order valence-electron chi connectivity index (χ2n) is 6.10. The number of anilines is 1. The van der Waals surface area contributed by atoms with Gasteiger partial charge in [-0.2, -0.15) is 0 Å². The summed E-state index contributed by atoms with van der Waals surface area (Å²) >= 11 is 0. The maximum atomic E-state index is 12.4. The van der Waals surface area contributed by atoms with E-state index in [2.05, 4.69) is 5.32 Å². The number of carbonyl (C=O) groups is 1. The van der Waals surface area contributed by atoms with Crippen LogP contribution in [0.3, 0.4) is 0 Å². The molecule has 2 aromatic rings. The Hall–Kier alpha value is -2.33. The molecule has 0 aromatic heterocycles. The molecule has 3 rings (SSSR count). The quantitative estimate of drug-likeness (QED) is 0.913. The summed E-state index contributed by atoms with van der Waals surface area (Å²) in [4.78, 5) is 14.2. The Balaban J connectivity index is 1.54. The first-order valence-corrected chi connectivity index (χ1v) is 8.02. The average molecular weight is 310 g/mol. The number of benzene rings is 2. The number of hydrogen-bond donors (Lipinski definition) is 2. The molecule has 0 atom stereocenters. The second kappa shape index (κ2) is 6.84. The van der Waals surface area contributed by atoms with Gasteiger partial charge in [0, 0.05) is 30.9 Å². The van der Waals surface area contributed by atoms with Crippen LogP contribution >= 0.6 is 0 Å².